The fourth-order valence-electron chi connectivity index (χ4n) is 4.28. The molecule has 31 heavy (non-hydrogen) atoms. The van der Waals surface area contributed by atoms with Crippen LogP contribution < -0.4 is 5.32 Å². The highest BCUT2D eigenvalue weighted by Crippen LogP contribution is 2.25. The van der Waals surface area contributed by atoms with Crippen LogP contribution in [0.2, 0.25) is 0 Å². The molecule has 0 aromatic heterocycles. The van der Waals surface area contributed by atoms with Crippen LogP contribution in [-0.2, 0) is 19.1 Å². The first-order valence-corrected chi connectivity index (χ1v) is 11.3. The molecule has 0 aliphatic carbocycles. The second-order valence-electron chi connectivity index (χ2n) is 9.78. The molecule has 2 rings (SSSR count). The fraction of sp³-hybridized carbons (Fsp3) is 0.864. The summed E-state index contributed by atoms with van der Waals surface area (Å²) < 4.78 is 10.4. The standard InChI is InChI=1S/C22H40N4O5/c1-22(2,3)31-21(29)25-13-14-26(17(15-25)20(28)30-6)19(27)18-16(9-7-11-23-18)10-8-12-24(4)5/h16-18,23H,7-15H2,1-6H3/t16?,17-,18?/m0/s1. The quantitative estimate of drug-likeness (QED) is 0.623. The number of esters is 1. The second kappa shape index (κ2) is 11.1. The normalized spacial score (nSPS) is 24.8. The highest BCUT2D eigenvalue weighted by Gasteiger charge is 2.42. The molecule has 2 amide bonds. The predicted octanol–water partition coefficient (Wildman–Crippen LogP) is 1.32. The number of ether oxygens (including phenoxy) is 2. The number of hydrogen-bond acceptors (Lipinski definition) is 7. The van der Waals surface area contributed by atoms with Crippen molar-refractivity contribution in [2.45, 2.75) is 64.1 Å². The van der Waals surface area contributed by atoms with Gasteiger partial charge < -0.3 is 29.5 Å². The van der Waals surface area contributed by atoms with Crippen molar-refractivity contribution >= 4 is 18.0 Å². The number of rotatable bonds is 6. The summed E-state index contributed by atoms with van der Waals surface area (Å²) in [6.07, 6.45) is 3.55. The first kappa shape index (κ1) is 25.4. The molecule has 0 saturated carbocycles. The molecule has 0 radical (unpaired) electrons. The Hall–Kier alpha value is -1.87. The SMILES string of the molecule is COC(=O)[C@@H]1CN(C(=O)OC(C)(C)C)CCN1C(=O)C1NCCCC1CCCN(C)C. The maximum atomic E-state index is 13.5. The maximum Gasteiger partial charge on any atom is 0.410 e. The van der Waals surface area contributed by atoms with Crippen LogP contribution >= 0.6 is 0 Å². The number of nitrogens with one attached hydrogen (secondary N) is 1. The number of nitrogens with zero attached hydrogens (tertiary/aromatic N) is 3. The Morgan fingerprint density at radius 2 is 1.87 bits per heavy atom. The first-order chi connectivity index (χ1) is 14.5. The van der Waals surface area contributed by atoms with E-state index in [1.165, 1.54) is 12.0 Å². The fourth-order valence-corrected chi connectivity index (χ4v) is 4.28. The zero-order valence-electron chi connectivity index (χ0n) is 20.0. The van der Waals surface area contributed by atoms with Gasteiger partial charge in [0.25, 0.3) is 0 Å². The predicted molar refractivity (Wildman–Crippen MR) is 118 cm³/mol. The summed E-state index contributed by atoms with van der Waals surface area (Å²) in [5.41, 5.74) is -0.628. The lowest BCUT2D eigenvalue weighted by atomic mass is 9.85. The summed E-state index contributed by atoms with van der Waals surface area (Å²) in [6, 6.07) is -1.14. The Labute approximate surface area is 186 Å². The average molecular weight is 441 g/mol. The summed E-state index contributed by atoms with van der Waals surface area (Å²) in [5, 5.41) is 3.38. The van der Waals surface area contributed by atoms with Gasteiger partial charge in [0.15, 0.2) is 0 Å². The van der Waals surface area contributed by atoms with Crippen molar-refractivity contribution in [2.24, 2.45) is 5.92 Å². The van der Waals surface area contributed by atoms with Crippen molar-refractivity contribution in [3.63, 3.8) is 0 Å². The minimum atomic E-state index is -0.829. The van der Waals surface area contributed by atoms with E-state index in [1.54, 1.807) is 25.7 Å². The van der Waals surface area contributed by atoms with Gasteiger partial charge in [-0.15, -0.1) is 0 Å². The van der Waals surface area contributed by atoms with Crippen LogP contribution in [0.3, 0.4) is 0 Å². The maximum absolute atomic E-state index is 13.5. The summed E-state index contributed by atoms with van der Waals surface area (Å²) in [6.45, 7) is 7.85. The summed E-state index contributed by atoms with van der Waals surface area (Å²) in [4.78, 5) is 43.8. The van der Waals surface area contributed by atoms with E-state index in [9.17, 15) is 14.4 Å². The third-order valence-electron chi connectivity index (χ3n) is 5.82. The van der Waals surface area contributed by atoms with E-state index in [1.807, 2.05) is 14.1 Å². The molecule has 2 heterocycles. The van der Waals surface area contributed by atoms with E-state index < -0.39 is 23.7 Å². The Balaban J connectivity index is 2.10. The van der Waals surface area contributed by atoms with E-state index in [-0.39, 0.29) is 31.0 Å². The number of carbonyl (C=O) groups is 3. The van der Waals surface area contributed by atoms with E-state index >= 15 is 0 Å². The Bertz CT molecular complexity index is 634. The van der Waals surface area contributed by atoms with Gasteiger partial charge in [0.1, 0.15) is 11.6 Å². The molecule has 1 N–H and O–H groups in total. The van der Waals surface area contributed by atoms with E-state index in [2.05, 4.69) is 10.2 Å². The Kier molecular flexibility index (Phi) is 9.12. The highest BCUT2D eigenvalue weighted by atomic mass is 16.6. The van der Waals surface area contributed by atoms with Crippen LogP contribution in [0.1, 0.15) is 46.5 Å². The summed E-state index contributed by atoms with van der Waals surface area (Å²) in [7, 11) is 5.40. The minimum absolute atomic E-state index is 0.0747. The molecular formula is C22H40N4O5. The van der Waals surface area contributed by atoms with Gasteiger partial charge in [-0.05, 0) is 79.6 Å². The third-order valence-corrected chi connectivity index (χ3v) is 5.82. The van der Waals surface area contributed by atoms with Gasteiger partial charge in [-0.2, -0.15) is 0 Å². The van der Waals surface area contributed by atoms with Crippen molar-refractivity contribution in [3.8, 4) is 0 Å². The zero-order chi connectivity index (χ0) is 23.2. The molecule has 3 atom stereocenters. The van der Waals surface area contributed by atoms with Crippen LogP contribution in [-0.4, -0.2) is 104 Å². The molecular weight excluding hydrogens is 400 g/mol. The lowest BCUT2D eigenvalue weighted by Gasteiger charge is -2.43. The van der Waals surface area contributed by atoms with Crippen LogP contribution in [0.4, 0.5) is 4.79 Å². The Morgan fingerprint density at radius 3 is 2.48 bits per heavy atom. The number of hydrogen-bond donors (Lipinski definition) is 1. The molecule has 2 aliphatic heterocycles. The Morgan fingerprint density at radius 1 is 1.16 bits per heavy atom. The van der Waals surface area contributed by atoms with Crippen molar-refractivity contribution < 1.29 is 23.9 Å². The van der Waals surface area contributed by atoms with Crippen LogP contribution in [0.25, 0.3) is 0 Å². The van der Waals surface area contributed by atoms with Crippen molar-refractivity contribution in [2.75, 3.05) is 53.9 Å². The van der Waals surface area contributed by atoms with Gasteiger partial charge in [0, 0.05) is 13.1 Å². The van der Waals surface area contributed by atoms with E-state index in [0.29, 0.717) is 6.54 Å². The lowest BCUT2D eigenvalue weighted by molar-refractivity contribution is -0.157. The number of methoxy groups -OCH3 is 1. The molecule has 0 bridgehead atoms. The van der Waals surface area contributed by atoms with Gasteiger partial charge in [-0.3, -0.25) is 4.79 Å². The van der Waals surface area contributed by atoms with Gasteiger partial charge in [-0.25, -0.2) is 9.59 Å². The number of carbonyl (C=O) groups excluding carboxylic acids is 3. The van der Waals surface area contributed by atoms with Crippen molar-refractivity contribution in [1.82, 2.24) is 20.0 Å². The van der Waals surface area contributed by atoms with E-state index in [4.69, 9.17) is 9.47 Å². The lowest BCUT2D eigenvalue weighted by Crippen LogP contribution is -2.64. The topological polar surface area (TPSA) is 91.4 Å². The first-order valence-electron chi connectivity index (χ1n) is 11.3. The monoisotopic (exact) mass is 440 g/mol. The molecule has 178 valence electrons. The molecule has 2 fully saturated rings. The summed E-state index contributed by atoms with van der Waals surface area (Å²) in [5.74, 6) is -0.348. The summed E-state index contributed by atoms with van der Waals surface area (Å²) >= 11 is 0. The van der Waals surface area contributed by atoms with Gasteiger partial charge in [0.05, 0.1) is 19.7 Å². The van der Waals surface area contributed by atoms with Crippen molar-refractivity contribution in [3.05, 3.63) is 0 Å². The van der Waals surface area contributed by atoms with Crippen molar-refractivity contribution in [1.29, 1.82) is 0 Å². The second-order valence-corrected chi connectivity index (χ2v) is 9.78. The van der Waals surface area contributed by atoms with Crippen LogP contribution in [0.5, 0.6) is 0 Å². The molecule has 0 aromatic rings. The third kappa shape index (κ3) is 7.35. The molecule has 2 saturated heterocycles. The molecule has 2 unspecified atom stereocenters. The highest BCUT2D eigenvalue weighted by molar-refractivity contribution is 5.89. The van der Waals surface area contributed by atoms with Crippen LogP contribution in [0.15, 0.2) is 0 Å². The van der Waals surface area contributed by atoms with E-state index in [0.717, 1.165) is 38.8 Å². The molecule has 0 spiro atoms. The molecule has 9 heteroatoms. The largest absolute Gasteiger partial charge is 0.467 e. The minimum Gasteiger partial charge on any atom is -0.467 e. The molecule has 9 nitrogen and oxygen atoms in total. The van der Waals surface area contributed by atoms with Gasteiger partial charge in [-0.1, -0.05) is 0 Å². The van der Waals surface area contributed by atoms with Gasteiger partial charge in [0.2, 0.25) is 5.91 Å². The molecule has 0 aromatic carbocycles. The van der Waals surface area contributed by atoms with Crippen LogP contribution in [0, 0.1) is 5.92 Å². The number of piperazine rings is 1. The van der Waals surface area contributed by atoms with Gasteiger partial charge >= 0.3 is 12.1 Å². The average Bonchev–Trinajstić information content (AvgIpc) is 2.71. The zero-order valence-corrected chi connectivity index (χ0v) is 20.0. The number of amides is 2. The molecule has 2 aliphatic rings. The smallest absolute Gasteiger partial charge is 0.410 e. The number of piperidine rings is 1.